The molecule has 5 aromatic rings. The van der Waals surface area contributed by atoms with Gasteiger partial charge in [-0.15, -0.1) is 0 Å². The van der Waals surface area contributed by atoms with Gasteiger partial charge in [-0.3, -0.25) is 0 Å². The Morgan fingerprint density at radius 1 is 0.800 bits per heavy atom. The van der Waals surface area contributed by atoms with Gasteiger partial charge in [-0.05, 0) is 47.5 Å². The lowest BCUT2D eigenvalue weighted by Crippen LogP contribution is -1.93. The number of aromatic nitrogens is 1. The third-order valence-corrected chi connectivity index (χ3v) is 5.32. The molecule has 0 aliphatic rings. The van der Waals surface area contributed by atoms with E-state index in [1.807, 2.05) is 54.6 Å². The Kier molecular flexibility index (Phi) is 4.05. The van der Waals surface area contributed by atoms with Gasteiger partial charge in [-0.2, -0.15) is 5.26 Å². The molecule has 0 N–H and O–H groups in total. The molecular weight excluding hydrogens is 373 g/mol. The number of rotatable bonds is 2. The number of para-hydroxylation sites is 2. The molecule has 0 radical (unpaired) electrons. The van der Waals surface area contributed by atoms with Crippen LogP contribution in [0.1, 0.15) is 5.56 Å². The van der Waals surface area contributed by atoms with Crippen LogP contribution in [-0.4, -0.2) is 4.57 Å². The second-order valence-corrected chi connectivity index (χ2v) is 7.00. The van der Waals surface area contributed by atoms with E-state index in [0.29, 0.717) is 5.56 Å². The highest BCUT2D eigenvalue weighted by atomic mass is 19.1. The molecule has 0 spiro atoms. The summed E-state index contributed by atoms with van der Waals surface area (Å²) in [5.74, 6) is -0.768. The smallest absolute Gasteiger partial charge is 0.224 e. The molecule has 1 heterocycles. The highest BCUT2D eigenvalue weighted by Gasteiger charge is 2.15. The molecule has 0 fully saturated rings. The Labute approximate surface area is 172 Å². The molecule has 1 aromatic heterocycles. The van der Waals surface area contributed by atoms with E-state index < -0.39 is 5.82 Å². The number of hydrogen-bond donors (Lipinski definition) is 0. The predicted octanol–water partition coefficient (Wildman–Crippen LogP) is 7.01. The van der Waals surface area contributed by atoms with E-state index in [1.54, 1.807) is 0 Å². The lowest BCUT2D eigenvalue weighted by molar-refractivity contribution is 0.630. The molecule has 0 saturated carbocycles. The summed E-state index contributed by atoms with van der Waals surface area (Å²) in [6, 6.07) is 29.2. The second-order valence-electron chi connectivity index (χ2n) is 7.00. The molecule has 0 amide bonds. The summed E-state index contributed by atoms with van der Waals surface area (Å²) in [6.07, 6.45) is 0. The Balaban J connectivity index is 1.84. The zero-order valence-corrected chi connectivity index (χ0v) is 15.8. The van der Waals surface area contributed by atoms with Gasteiger partial charge in [0, 0.05) is 16.5 Å². The average Bonchev–Trinajstić information content (AvgIpc) is 3.13. The molecule has 0 unspecified atom stereocenters. The molecular formula is C26H14FN3. The molecule has 4 aromatic carbocycles. The molecule has 3 nitrogen and oxygen atoms in total. The van der Waals surface area contributed by atoms with Gasteiger partial charge in [-0.25, -0.2) is 9.24 Å². The van der Waals surface area contributed by atoms with Crippen LogP contribution in [0.3, 0.4) is 0 Å². The lowest BCUT2D eigenvalue weighted by atomic mass is 10.0. The number of fused-ring (bicyclic) bond motifs is 3. The van der Waals surface area contributed by atoms with Crippen LogP contribution < -0.4 is 0 Å². The standard InChI is InChI=1S/C26H14FN3/c1-29-23-14-18(13-19(16-28)26(23)27)17-11-12-22-21-9-5-6-10-24(21)30(25(22)15-17)20-7-3-2-4-8-20/h2-15H. The number of nitrogens with zero attached hydrogens (tertiary/aromatic N) is 3. The lowest BCUT2D eigenvalue weighted by Gasteiger charge is -2.09. The summed E-state index contributed by atoms with van der Waals surface area (Å²) < 4.78 is 16.4. The number of nitriles is 1. The fraction of sp³-hybridized carbons (Fsp3) is 0. The molecule has 0 aliphatic carbocycles. The molecule has 0 saturated heterocycles. The van der Waals surface area contributed by atoms with E-state index in [-0.39, 0.29) is 11.3 Å². The van der Waals surface area contributed by atoms with E-state index in [1.165, 1.54) is 12.1 Å². The summed E-state index contributed by atoms with van der Waals surface area (Å²) in [6.45, 7) is 7.24. The van der Waals surface area contributed by atoms with Gasteiger partial charge in [0.2, 0.25) is 5.69 Å². The first-order chi connectivity index (χ1) is 14.7. The number of benzene rings is 4. The van der Waals surface area contributed by atoms with Crippen LogP contribution >= 0.6 is 0 Å². The van der Waals surface area contributed by atoms with E-state index in [2.05, 4.69) is 33.7 Å². The maximum atomic E-state index is 14.2. The van der Waals surface area contributed by atoms with Gasteiger partial charge in [0.15, 0.2) is 0 Å². The fourth-order valence-electron chi connectivity index (χ4n) is 3.94. The first-order valence-corrected chi connectivity index (χ1v) is 9.41. The van der Waals surface area contributed by atoms with Crippen LogP contribution in [0.15, 0.2) is 84.9 Å². The van der Waals surface area contributed by atoms with Crippen molar-refractivity contribution in [2.75, 3.05) is 0 Å². The number of hydrogen-bond acceptors (Lipinski definition) is 1. The molecule has 0 atom stereocenters. The van der Waals surface area contributed by atoms with Gasteiger partial charge in [0.05, 0.1) is 23.2 Å². The monoisotopic (exact) mass is 387 g/mol. The maximum Gasteiger partial charge on any atom is 0.224 e. The predicted molar refractivity (Wildman–Crippen MR) is 117 cm³/mol. The highest BCUT2D eigenvalue weighted by molar-refractivity contribution is 6.10. The number of halogens is 1. The third-order valence-electron chi connectivity index (χ3n) is 5.32. The van der Waals surface area contributed by atoms with Gasteiger partial charge in [0.1, 0.15) is 11.9 Å². The van der Waals surface area contributed by atoms with E-state index in [0.717, 1.165) is 33.1 Å². The Bertz CT molecular complexity index is 1480. The Hall–Kier alpha value is -4.41. The van der Waals surface area contributed by atoms with Crippen molar-refractivity contribution < 1.29 is 4.39 Å². The van der Waals surface area contributed by atoms with Gasteiger partial charge in [0.25, 0.3) is 0 Å². The van der Waals surface area contributed by atoms with Crippen molar-refractivity contribution in [1.29, 1.82) is 5.26 Å². The molecule has 4 heteroatoms. The summed E-state index contributed by atoms with van der Waals surface area (Å²) in [5.41, 5.74) is 4.34. The van der Waals surface area contributed by atoms with Crippen molar-refractivity contribution in [3.8, 4) is 22.9 Å². The van der Waals surface area contributed by atoms with Crippen molar-refractivity contribution in [2.45, 2.75) is 0 Å². The minimum absolute atomic E-state index is 0.123. The first-order valence-electron chi connectivity index (χ1n) is 9.41. The maximum absolute atomic E-state index is 14.2. The van der Waals surface area contributed by atoms with Crippen LogP contribution in [0.2, 0.25) is 0 Å². The molecule has 0 aliphatic heterocycles. The minimum atomic E-state index is -0.768. The van der Waals surface area contributed by atoms with E-state index >= 15 is 0 Å². The summed E-state index contributed by atoms with van der Waals surface area (Å²) in [4.78, 5) is 3.25. The normalized spacial score (nSPS) is 10.8. The van der Waals surface area contributed by atoms with Gasteiger partial charge >= 0.3 is 0 Å². The van der Waals surface area contributed by atoms with Crippen molar-refractivity contribution in [2.24, 2.45) is 0 Å². The fourth-order valence-corrected chi connectivity index (χ4v) is 3.94. The van der Waals surface area contributed by atoms with Gasteiger partial charge < -0.3 is 4.57 Å². The van der Waals surface area contributed by atoms with Gasteiger partial charge in [-0.1, -0.05) is 48.5 Å². The largest absolute Gasteiger partial charge is 0.309 e. The van der Waals surface area contributed by atoms with Crippen LogP contribution in [0.4, 0.5) is 10.1 Å². The quantitative estimate of drug-likeness (QED) is 0.300. The Morgan fingerprint density at radius 3 is 2.30 bits per heavy atom. The van der Waals surface area contributed by atoms with Crippen molar-refractivity contribution in [3.63, 3.8) is 0 Å². The molecule has 0 bridgehead atoms. The van der Waals surface area contributed by atoms with E-state index in [9.17, 15) is 9.65 Å². The van der Waals surface area contributed by atoms with Crippen molar-refractivity contribution in [1.82, 2.24) is 4.57 Å². The minimum Gasteiger partial charge on any atom is -0.309 e. The van der Waals surface area contributed by atoms with Crippen molar-refractivity contribution >= 4 is 27.5 Å². The van der Waals surface area contributed by atoms with Crippen LogP contribution in [-0.2, 0) is 0 Å². The SMILES string of the molecule is [C-]#[N+]c1cc(-c2ccc3c4ccccc4n(-c4ccccc4)c3c2)cc(C#N)c1F. The zero-order chi connectivity index (χ0) is 20.7. The first kappa shape index (κ1) is 17.7. The van der Waals surface area contributed by atoms with Crippen LogP contribution in [0, 0.1) is 23.7 Å². The van der Waals surface area contributed by atoms with Crippen LogP contribution in [0.25, 0.3) is 43.5 Å². The topological polar surface area (TPSA) is 33.1 Å². The van der Waals surface area contributed by atoms with Crippen molar-refractivity contribution in [3.05, 3.63) is 108 Å². The molecule has 30 heavy (non-hydrogen) atoms. The highest BCUT2D eigenvalue weighted by Crippen LogP contribution is 2.36. The molecule has 140 valence electrons. The zero-order valence-electron chi connectivity index (χ0n) is 15.8. The van der Waals surface area contributed by atoms with E-state index in [4.69, 9.17) is 6.57 Å². The summed E-state index contributed by atoms with van der Waals surface area (Å²) in [5, 5.41) is 11.5. The summed E-state index contributed by atoms with van der Waals surface area (Å²) in [7, 11) is 0. The third kappa shape index (κ3) is 2.64. The Morgan fingerprint density at radius 2 is 1.53 bits per heavy atom. The second kappa shape index (κ2) is 6.88. The average molecular weight is 387 g/mol. The summed E-state index contributed by atoms with van der Waals surface area (Å²) >= 11 is 0. The molecule has 5 rings (SSSR count). The van der Waals surface area contributed by atoms with Crippen LogP contribution in [0.5, 0.6) is 0 Å².